The maximum Gasteiger partial charge on any atom is 0.274 e. The van der Waals surface area contributed by atoms with Gasteiger partial charge in [-0.05, 0) is 29.8 Å². The molecule has 0 bridgehead atoms. The summed E-state index contributed by atoms with van der Waals surface area (Å²) in [6, 6.07) is 14.3. The van der Waals surface area contributed by atoms with Gasteiger partial charge in [0.25, 0.3) is 11.5 Å². The highest BCUT2D eigenvalue weighted by molar-refractivity contribution is 7.17. The number of thiophene rings is 1. The molecule has 0 atom stereocenters. The van der Waals surface area contributed by atoms with Crippen LogP contribution in [0.1, 0.15) is 20.9 Å². The predicted octanol–water partition coefficient (Wildman–Crippen LogP) is 3.48. The largest absolute Gasteiger partial charge is 0.346 e. The van der Waals surface area contributed by atoms with Gasteiger partial charge in [-0.25, -0.2) is 4.68 Å². The molecule has 28 heavy (non-hydrogen) atoms. The number of nitrogens with one attached hydrogen (secondary N) is 1. The van der Waals surface area contributed by atoms with E-state index in [1.54, 1.807) is 30.6 Å². The van der Waals surface area contributed by atoms with Crippen LogP contribution < -0.4 is 10.9 Å². The van der Waals surface area contributed by atoms with Crippen LogP contribution in [0.15, 0.2) is 65.7 Å². The minimum absolute atomic E-state index is 0.181. The Kier molecular flexibility index (Phi) is 5.18. The number of pyridine rings is 1. The molecule has 0 saturated heterocycles. The van der Waals surface area contributed by atoms with E-state index in [4.69, 9.17) is 11.6 Å². The van der Waals surface area contributed by atoms with Crippen LogP contribution >= 0.6 is 22.9 Å². The van der Waals surface area contributed by atoms with Gasteiger partial charge in [0.2, 0.25) is 0 Å². The van der Waals surface area contributed by atoms with E-state index in [1.807, 2.05) is 30.3 Å². The number of hydrogen-bond acceptors (Lipinski definition) is 5. The van der Waals surface area contributed by atoms with E-state index in [-0.39, 0.29) is 18.0 Å². The van der Waals surface area contributed by atoms with Gasteiger partial charge in [-0.3, -0.25) is 14.6 Å². The summed E-state index contributed by atoms with van der Waals surface area (Å²) in [5.41, 5.74) is 1.31. The maximum atomic E-state index is 12.8. The van der Waals surface area contributed by atoms with Crippen LogP contribution in [0.5, 0.6) is 0 Å². The Morgan fingerprint density at radius 2 is 1.93 bits per heavy atom. The van der Waals surface area contributed by atoms with Crippen LogP contribution in [0.3, 0.4) is 0 Å². The third-order valence-electron chi connectivity index (χ3n) is 4.21. The van der Waals surface area contributed by atoms with Gasteiger partial charge in [0.15, 0.2) is 0 Å². The first-order valence-corrected chi connectivity index (χ1v) is 9.72. The van der Waals surface area contributed by atoms with Crippen molar-refractivity contribution in [3.63, 3.8) is 0 Å². The zero-order valence-electron chi connectivity index (χ0n) is 14.6. The Morgan fingerprint density at radius 3 is 2.64 bits per heavy atom. The van der Waals surface area contributed by atoms with Gasteiger partial charge in [-0.1, -0.05) is 35.9 Å². The van der Waals surface area contributed by atoms with Crippen molar-refractivity contribution in [2.24, 2.45) is 0 Å². The molecule has 6 nitrogen and oxygen atoms in total. The highest BCUT2D eigenvalue weighted by atomic mass is 35.5. The molecule has 0 fully saturated rings. The fourth-order valence-electron chi connectivity index (χ4n) is 2.90. The second-order valence-electron chi connectivity index (χ2n) is 6.10. The van der Waals surface area contributed by atoms with E-state index in [9.17, 15) is 9.59 Å². The fraction of sp³-hybridized carbons (Fsp3) is 0.100. The average Bonchev–Trinajstić information content (AvgIpc) is 3.16. The minimum Gasteiger partial charge on any atom is -0.346 e. The number of fused-ring (bicyclic) bond motifs is 1. The number of halogens is 1. The average molecular weight is 411 g/mol. The molecule has 0 aliphatic carbocycles. The van der Waals surface area contributed by atoms with Crippen molar-refractivity contribution in [2.75, 3.05) is 0 Å². The van der Waals surface area contributed by atoms with Gasteiger partial charge in [-0.2, -0.15) is 5.10 Å². The molecule has 0 spiro atoms. The summed E-state index contributed by atoms with van der Waals surface area (Å²) >= 11 is 7.11. The molecule has 0 aliphatic heterocycles. The molecule has 0 radical (unpaired) electrons. The van der Waals surface area contributed by atoms with E-state index < -0.39 is 0 Å². The molecule has 0 saturated carbocycles. The second-order valence-corrected chi connectivity index (χ2v) is 7.82. The van der Waals surface area contributed by atoms with Crippen molar-refractivity contribution in [1.82, 2.24) is 20.1 Å². The van der Waals surface area contributed by atoms with Crippen molar-refractivity contribution >= 4 is 39.6 Å². The van der Waals surface area contributed by atoms with Crippen molar-refractivity contribution in [3.8, 4) is 0 Å². The number of carbonyl (C=O) groups excluding carboxylic acids is 1. The molecular weight excluding hydrogens is 396 g/mol. The molecule has 3 heterocycles. The van der Waals surface area contributed by atoms with Gasteiger partial charge >= 0.3 is 0 Å². The fourth-order valence-corrected chi connectivity index (χ4v) is 3.85. The van der Waals surface area contributed by atoms with E-state index in [2.05, 4.69) is 15.4 Å². The quantitative estimate of drug-likeness (QED) is 0.546. The van der Waals surface area contributed by atoms with Crippen LogP contribution in [0.25, 0.3) is 10.8 Å². The third kappa shape index (κ3) is 3.81. The van der Waals surface area contributed by atoms with E-state index in [1.165, 1.54) is 16.0 Å². The summed E-state index contributed by atoms with van der Waals surface area (Å²) < 4.78 is 1.96. The second kappa shape index (κ2) is 7.92. The minimum atomic E-state index is -0.229. The van der Waals surface area contributed by atoms with Gasteiger partial charge in [-0.15, -0.1) is 11.3 Å². The van der Waals surface area contributed by atoms with Crippen molar-refractivity contribution in [1.29, 1.82) is 0 Å². The van der Waals surface area contributed by atoms with Crippen LogP contribution in [-0.4, -0.2) is 20.7 Å². The molecule has 0 unspecified atom stereocenters. The maximum absolute atomic E-state index is 12.8. The van der Waals surface area contributed by atoms with E-state index >= 15 is 0 Å². The molecule has 0 aliphatic rings. The van der Waals surface area contributed by atoms with Gasteiger partial charge in [0.05, 0.1) is 33.4 Å². The number of aromatic nitrogens is 3. The summed E-state index contributed by atoms with van der Waals surface area (Å²) in [5, 5.41) is 8.64. The Bertz CT molecular complexity index is 1200. The molecule has 8 heteroatoms. The Labute approximate surface area is 169 Å². The topological polar surface area (TPSA) is 76.9 Å². The number of carbonyl (C=O) groups is 1. The smallest absolute Gasteiger partial charge is 0.274 e. The zero-order chi connectivity index (χ0) is 19.5. The summed E-state index contributed by atoms with van der Waals surface area (Å²) in [5.74, 6) is -0.229. The monoisotopic (exact) mass is 410 g/mol. The summed E-state index contributed by atoms with van der Waals surface area (Å²) in [6.45, 7) is 0.501. The van der Waals surface area contributed by atoms with E-state index in [0.717, 1.165) is 10.9 Å². The summed E-state index contributed by atoms with van der Waals surface area (Å²) in [4.78, 5) is 29.8. The lowest BCUT2D eigenvalue weighted by Crippen LogP contribution is -2.28. The molecule has 4 rings (SSSR count). The first-order valence-electron chi connectivity index (χ1n) is 8.53. The van der Waals surface area contributed by atoms with Crippen LogP contribution in [-0.2, 0) is 13.1 Å². The molecule has 4 aromatic rings. The third-order valence-corrected chi connectivity index (χ3v) is 5.44. The Balaban J connectivity index is 1.67. The molecule has 1 aromatic carbocycles. The zero-order valence-corrected chi connectivity index (χ0v) is 16.2. The Hall–Kier alpha value is -3.03. The highest BCUT2D eigenvalue weighted by Gasteiger charge is 2.13. The van der Waals surface area contributed by atoms with Crippen molar-refractivity contribution in [2.45, 2.75) is 13.1 Å². The van der Waals surface area contributed by atoms with Crippen LogP contribution in [0.2, 0.25) is 4.34 Å². The molecule has 3 aromatic heterocycles. The SMILES string of the molecule is O=C(NCc1nn(Cc2cccnc2)c(=O)c2ccccc12)c1ccc(Cl)s1. The molecule has 1 N–H and O–H groups in total. The summed E-state index contributed by atoms with van der Waals surface area (Å²) in [6.07, 6.45) is 3.38. The standard InChI is InChI=1S/C20H15ClN4O2S/c21-18-8-7-17(28-18)19(26)23-11-16-14-5-1-2-6-15(14)20(27)25(24-16)12-13-4-3-9-22-10-13/h1-10H,11-12H2,(H,23,26). The van der Waals surface area contributed by atoms with Crippen LogP contribution in [0, 0.1) is 0 Å². The molecule has 140 valence electrons. The number of benzene rings is 1. The Morgan fingerprint density at radius 1 is 1.11 bits per heavy atom. The van der Waals surface area contributed by atoms with E-state index in [0.29, 0.717) is 26.8 Å². The number of rotatable bonds is 5. The van der Waals surface area contributed by atoms with Crippen molar-refractivity contribution in [3.05, 3.63) is 91.7 Å². The molecule has 1 amide bonds. The first kappa shape index (κ1) is 18.3. The lowest BCUT2D eigenvalue weighted by Gasteiger charge is -2.11. The highest BCUT2D eigenvalue weighted by Crippen LogP contribution is 2.21. The number of amides is 1. The van der Waals surface area contributed by atoms with Crippen molar-refractivity contribution < 1.29 is 4.79 Å². The first-order chi connectivity index (χ1) is 13.6. The normalized spacial score (nSPS) is 10.9. The predicted molar refractivity (Wildman–Crippen MR) is 110 cm³/mol. The van der Waals surface area contributed by atoms with Crippen LogP contribution in [0.4, 0.5) is 0 Å². The summed E-state index contributed by atoms with van der Waals surface area (Å²) in [7, 11) is 0. The number of hydrogen-bond donors (Lipinski definition) is 1. The number of nitrogens with zero attached hydrogens (tertiary/aromatic N) is 3. The lowest BCUT2D eigenvalue weighted by atomic mass is 10.1. The lowest BCUT2D eigenvalue weighted by molar-refractivity contribution is 0.0954. The van der Waals surface area contributed by atoms with Gasteiger partial charge < -0.3 is 5.32 Å². The molecular formula is C20H15ClN4O2S. The van der Waals surface area contributed by atoms with Gasteiger partial charge in [0, 0.05) is 17.8 Å². The van der Waals surface area contributed by atoms with Gasteiger partial charge in [0.1, 0.15) is 0 Å².